The van der Waals surface area contributed by atoms with Crippen LogP contribution >= 0.6 is 11.3 Å². The molecule has 20 heavy (non-hydrogen) atoms. The number of carbonyl (C=O) groups excluding carboxylic acids is 1. The Hall–Kier alpha value is -2.14. The van der Waals surface area contributed by atoms with E-state index in [0.29, 0.717) is 24.1 Å². The Morgan fingerprint density at radius 1 is 1.15 bits per heavy atom. The molecule has 0 aliphatic heterocycles. The summed E-state index contributed by atoms with van der Waals surface area (Å²) in [5.74, 6) is -0.925. The molecule has 2 N–H and O–H groups in total. The number of benzene rings is 1. The molecule has 1 aromatic carbocycles. The monoisotopic (exact) mass is 287 g/mol. The van der Waals surface area contributed by atoms with E-state index in [0.717, 1.165) is 5.56 Å². The predicted octanol–water partition coefficient (Wildman–Crippen LogP) is 3.12. The molecular formula is C15H13NO3S. The number of nitrogens with one attached hydrogen (secondary N) is 1. The Morgan fingerprint density at radius 2 is 1.85 bits per heavy atom. The van der Waals surface area contributed by atoms with Gasteiger partial charge in [0.2, 0.25) is 0 Å². The van der Waals surface area contributed by atoms with Crippen molar-refractivity contribution >= 4 is 28.9 Å². The van der Waals surface area contributed by atoms with E-state index in [4.69, 9.17) is 0 Å². The van der Waals surface area contributed by atoms with Crippen LogP contribution in [0.3, 0.4) is 0 Å². The van der Waals surface area contributed by atoms with Gasteiger partial charge in [0.1, 0.15) is 0 Å². The summed E-state index contributed by atoms with van der Waals surface area (Å²) < 4.78 is 0. The van der Waals surface area contributed by atoms with Crippen molar-refractivity contribution in [3.05, 3.63) is 52.2 Å². The number of anilines is 1. The number of thiophene rings is 1. The fourth-order valence-corrected chi connectivity index (χ4v) is 2.86. The average Bonchev–Trinajstić information content (AvgIpc) is 3.07. The minimum absolute atomic E-state index is 0.154. The highest BCUT2D eigenvalue weighted by Crippen LogP contribution is 2.48. The summed E-state index contributed by atoms with van der Waals surface area (Å²) in [6.07, 6.45) is 1.37. The minimum Gasteiger partial charge on any atom is -0.481 e. The molecule has 0 atom stereocenters. The maximum absolute atomic E-state index is 11.9. The summed E-state index contributed by atoms with van der Waals surface area (Å²) in [5, 5.41) is 15.7. The summed E-state index contributed by atoms with van der Waals surface area (Å²) >= 11 is 1.47. The average molecular weight is 287 g/mol. The van der Waals surface area contributed by atoms with Gasteiger partial charge in [-0.1, -0.05) is 12.1 Å². The number of hydrogen-bond donors (Lipinski definition) is 2. The first-order chi connectivity index (χ1) is 9.62. The van der Waals surface area contributed by atoms with Crippen LogP contribution < -0.4 is 5.32 Å². The standard InChI is InChI=1S/C15H13NO3S/c17-13(10-5-8-20-9-10)16-12-3-1-11(2-4-12)15(6-7-15)14(18)19/h1-5,8-9H,6-7H2,(H,16,17)(H,18,19). The van der Waals surface area contributed by atoms with Gasteiger partial charge < -0.3 is 10.4 Å². The quantitative estimate of drug-likeness (QED) is 0.908. The second kappa shape index (κ2) is 4.76. The van der Waals surface area contributed by atoms with Crippen LogP contribution in [0.5, 0.6) is 0 Å². The van der Waals surface area contributed by atoms with Crippen LogP contribution in [0.1, 0.15) is 28.8 Å². The Bertz CT molecular complexity index is 642. The Morgan fingerprint density at radius 3 is 2.35 bits per heavy atom. The van der Waals surface area contributed by atoms with Gasteiger partial charge in [-0.25, -0.2) is 0 Å². The lowest BCUT2D eigenvalue weighted by Gasteiger charge is -2.11. The van der Waals surface area contributed by atoms with Gasteiger partial charge in [-0.2, -0.15) is 11.3 Å². The van der Waals surface area contributed by atoms with Gasteiger partial charge >= 0.3 is 5.97 Å². The lowest BCUT2D eigenvalue weighted by molar-refractivity contribution is -0.140. The Labute approximate surface area is 120 Å². The zero-order valence-electron chi connectivity index (χ0n) is 10.6. The van der Waals surface area contributed by atoms with E-state index in [9.17, 15) is 14.7 Å². The van der Waals surface area contributed by atoms with Crippen molar-refractivity contribution in [3.8, 4) is 0 Å². The van der Waals surface area contributed by atoms with E-state index in [1.165, 1.54) is 11.3 Å². The van der Waals surface area contributed by atoms with Gasteiger partial charge in [0.25, 0.3) is 5.91 Å². The zero-order valence-corrected chi connectivity index (χ0v) is 11.4. The Kier molecular flexibility index (Phi) is 3.06. The highest BCUT2D eigenvalue weighted by molar-refractivity contribution is 7.08. The molecule has 102 valence electrons. The van der Waals surface area contributed by atoms with E-state index in [2.05, 4.69) is 5.32 Å². The molecule has 0 radical (unpaired) electrons. The number of carbonyl (C=O) groups is 2. The van der Waals surface area contributed by atoms with Crippen molar-refractivity contribution in [2.45, 2.75) is 18.3 Å². The molecule has 1 aliphatic carbocycles. The molecule has 1 saturated carbocycles. The molecule has 1 amide bonds. The third-order valence-corrected chi connectivity index (χ3v) is 4.32. The van der Waals surface area contributed by atoms with E-state index >= 15 is 0 Å². The highest BCUT2D eigenvalue weighted by atomic mass is 32.1. The lowest BCUT2D eigenvalue weighted by atomic mass is 9.96. The van der Waals surface area contributed by atoms with Gasteiger partial charge in [-0.15, -0.1) is 0 Å². The first-order valence-electron chi connectivity index (χ1n) is 6.29. The minimum atomic E-state index is -0.771. The largest absolute Gasteiger partial charge is 0.481 e. The van der Waals surface area contributed by atoms with Crippen LogP contribution in [0, 0.1) is 0 Å². The summed E-state index contributed by atoms with van der Waals surface area (Å²) in [5.41, 5.74) is 1.41. The Balaban J connectivity index is 1.74. The molecule has 1 heterocycles. The van der Waals surface area contributed by atoms with Gasteiger partial charge in [-0.05, 0) is 42.0 Å². The van der Waals surface area contributed by atoms with Gasteiger partial charge in [-0.3, -0.25) is 9.59 Å². The van der Waals surface area contributed by atoms with Crippen molar-refractivity contribution in [3.63, 3.8) is 0 Å². The second-order valence-corrected chi connectivity index (χ2v) is 5.71. The molecule has 0 bridgehead atoms. The zero-order chi connectivity index (χ0) is 14.2. The molecule has 0 spiro atoms. The van der Waals surface area contributed by atoms with E-state index in [1.54, 1.807) is 35.7 Å². The molecule has 5 heteroatoms. The maximum atomic E-state index is 11.9. The third kappa shape index (κ3) is 2.20. The van der Waals surface area contributed by atoms with Crippen molar-refractivity contribution in [1.29, 1.82) is 0 Å². The SMILES string of the molecule is O=C(Nc1ccc(C2(C(=O)O)CC2)cc1)c1ccsc1. The topological polar surface area (TPSA) is 66.4 Å². The van der Waals surface area contributed by atoms with E-state index in [1.807, 2.05) is 5.38 Å². The summed E-state index contributed by atoms with van der Waals surface area (Å²) in [7, 11) is 0. The van der Waals surface area contributed by atoms with Gasteiger partial charge in [0.05, 0.1) is 11.0 Å². The van der Waals surface area contributed by atoms with Crippen LogP contribution in [0.4, 0.5) is 5.69 Å². The summed E-state index contributed by atoms with van der Waals surface area (Å²) in [4.78, 5) is 23.1. The van der Waals surface area contributed by atoms with Gasteiger partial charge in [0.15, 0.2) is 0 Å². The second-order valence-electron chi connectivity index (χ2n) is 4.93. The van der Waals surface area contributed by atoms with Crippen LogP contribution in [0.25, 0.3) is 0 Å². The summed E-state index contributed by atoms with van der Waals surface area (Å²) in [6.45, 7) is 0. The smallest absolute Gasteiger partial charge is 0.314 e. The molecule has 2 aromatic rings. The van der Waals surface area contributed by atoms with Crippen LogP contribution in [-0.2, 0) is 10.2 Å². The molecule has 0 unspecified atom stereocenters. The number of hydrogen-bond acceptors (Lipinski definition) is 3. The number of amides is 1. The molecule has 1 aromatic heterocycles. The number of carboxylic acids is 1. The first-order valence-corrected chi connectivity index (χ1v) is 7.24. The van der Waals surface area contributed by atoms with Crippen molar-refractivity contribution in [2.75, 3.05) is 5.32 Å². The molecule has 0 saturated heterocycles. The normalized spacial score (nSPS) is 15.6. The lowest BCUT2D eigenvalue weighted by Crippen LogP contribution is -2.19. The molecule has 3 rings (SSSR count). The summed E-state index contributed by atoms with van der Waals surface area (Å²) in [6, 6.07) is 8.83. The fraction of sp³-hybridized carbons (Fsp3) is 0.200. The van der Waals surface area contributed by atoms with Crippen molar-refractivity contribution in [1.82, 2.24) is 0 Å². The third-order valence-electron chi connectivity index (χ3n) is 3.64. The van der Waals surface area contributed by atoms with E-state index in [-0.39, 0.29) is 5.91 Å². The maximum Gasteiger partial charge on any atom is 0.314 e. The van der Waals surface area contributed by atoms with Crippen molar-refractivity contribution < 1.29 is 14.7 Å². The fourth-order valence-electron chi connectivity index (χ4n) is 2.22. The van der Waals surface area contributed by atoms with Crippen molar-refractivity contribution in [2.24, 2.45) is 0 Å². The van der Waals surface area contributed by atoms with Crippen LogP contribution in [0.15, 0.2) is 41.1 Å². The van der Waals surface area contributed by atoms with Gasteiger partial charge in [0, 0.05) is 11.1 Å². The number of aliphatic carboxylic acids is 1. The number of carboxylic acid groups (broad SMARTS) is 1. The number of rotatable bonds is 4. The molecular weight excluding hydrogens is 274 g/mol. The highest BCUT2D eigenvalue weighted by Gasteiger charge is 2.51. The molecule has 4 nitrogen and oxygen atoms in total. The predicted molar refractivity (Wildman–Crippen MR) is 77.3 cm³/mol. The van der Waals surface area contributed by atoms with Crippen LogP contribution in [-0.4, -0.2) is 17.0 Å². The van der Waals surface area contributed by atoms with Crippen LogP contribution in [0.2, 0.25) is 0 Å². The first kappa shape index (κ1) is 12.9. The molecule has 1 fully saturated rings. The van der Waals surface area contributed by atoms with E-state index < -0.39 is 11.4 Å². The molecule has 1 aliphatic rings.